The lowest BCUT2D eigenvalue weighted by Gasteiger charge is -2.09. The molecule has 0 spiro atoms. The van der Waals surface area contributed by atoms with Gasteiger partial charge in [-0.3, -0.25) is 0 Å². The predicted molar refractivity (Wildman–Crippen MR) is 77.6 cm³/mol. The van der Waals surface area contributed by atoms with Crippen LogP contribution in [0, 0.1) is 12.7 Å². The summed E-state index contributed by atoms with van der Waals surface area (Å²) in [5.41, 5.74) is 2.60. The molecule has 0 atom stereocenters. The van der Waals surface area contributed by atoms with Crippen molar-refractivity contribution < 1.29 is 4.39 Å². The minimum absolute atomic E-state index is 0.243. The second kappa shape index (κ2) is 5.70. The summed E-state index contributed by atoms with van der Waals surface area (Å²) in [6.45, 7) is 2.31. The van der Waals surface area contributed by atoms with Gasteiger partial charge >= 0.3 is 0 Å². The van der Waals surface area contributed by atoms with Crippen LogP contribution in [0.5, 0.6) is 0 Å². The summed E-state index contributed by atoms with van der Waals surface area (Å²) in [6, 6.07) is 14.3. The van der Waals surface area contributed by atoms with E-state index in [2.05, 4.69) is 20.8 Å². The van der Waals surface area contributed by atoms with Crippen molar-refractivity contribution in [3.63, 3.8) is 0 Å². The Morgan fingerprint density at radius 3 is 2.71 bits per heavy atom. The highest BCUT2D eigenvalue weighted by molar-refractivity contribution is 5.50. The number of nitrogens with zero attached hydrogens (tertiary/aromatic N) is 4. The van der Waals surface area contributed by atoms with Gasteiger partial charge in [0, 0.05) is 5.69 Å². The first-order chi connectivity index (χ1) is 10.2. The van der Waals surface area contributed by atoms with E-state index < -0.39 is 0 Å². The molecule has 0 saturated carbocycles. The Morgan fingerprint density at radius 1 is 1.14 bits per heavy atom. The van der Waals surface area contributed by atoms with Crippen molar-refractivity contribution in [2.24, 2.45) is 0 Å². The monoisotopic (exact) mass is 283 g/mol. The summed E-state index contributed by atoms with van der Waals surface area (Å²) in [5.74, 6) is 0.442. The van der Waals surface area contributed by atoms with Gasteiger partial charge in [-0.25, -0.2) is 4.39 Å². The topological polar surface area (TPSA) is 55.6 Å². The second-order valence-electron chi connectivity index (χ2n) is 4.66. The van der Waals surface area contributed by atoms with Gasteiger partial charge in [-0.15, -0.1) is 5.10 Å². The van der Waals surface area contributed by atoms with Gasteiger partial charge in [-0.05, 0) is 53.2 Å². The maximum Gasteiger partial charge on any atom is 0.175 e. The van der Waals surface area contributed by atoms with Crippen LogP contribution in [0.1, 0.15) is 11.4 Å². The molecule has 1 aromatic heterocycles. The fourth-order valence-electron chi connectivity index (χ4n) is 2.09. The van der Waals surface area contributed by atoms with Crippen LogP contribution in [0.2, 0.25) is 0 Å². The molecule has 0 bridgehead atoms. The summed E-state index contributed by atoms with van der Waals surface area (Å²) < 4.78 is 14.8. The van der Waals surface area contributed by atoms with Crippen LogP contribution in [-0.2, 0) is 6.54 Å². The Morgan fingerprint density at radius 2 is 1.95 bits per heavy atom. The molecule has 0 amide bonds. The van der Waals surface area contributed by atoms with E-state index in [0.29, 0.717) is 12.4 Å². The van der Waals surface area contributed by atoms with E-state index in [1.807, 2.05) is 37.3 Å². The van der Waals surface area contributed by atoms with Crippen LogP contribution < -0.4 is 5.32 Å². The summed E-state index contributed by atoms with van der Waals surface area (Å²) in [7, 11) is 0. The Hall–Kier alpha value is -2.76. The zero-order chi connectivity index (χ0) is 14.7. The maximum absolute atomic E-state index is 13.1. The first kappa shape index (κ1) is 13.2. The van der Waals surface area contributed by atoms with Crippen LogP contribution in [-0.4, -0.2) is 20.2 Å². The number of benzene rings is 2. The number of anilines is 1. The molecule has 3 aromatic rings. The molecule has 0 aliphatic rings. The molecular weight excluding hydrogens is 269 g/mol. The third-order valence-electron chi connectivity index (χ3n) is 3.16. The number of nitrogens with one attached hydrogen (secondary N) is 1. The molecule has 3 rings (SSSR count). The third kappa shape index (κ3) is 2.89. The lowest BCUT2D eigenvalue weighted by molar-refractivity contribution is 0.627. The molecule has 1 N–H and O–H groups in total. The van der Waals surface area contributed by atoms with E-state index in [9.17, 15) is 4.39 Å². The van der Waals surface area contributed by atoms with Gasteiger partial charge in [0.05, 0.1) is 12.2 Å². The van der Waals surface area contributed by atoms with Crippen LogP contribution in [0.15, 0.2) is 48.5 Å². The molecule has 5 nitrogen and oxygen atoms in total. The first-order valence-electron chi connectivity index (χ1n) is 6.57. The third-order valence-corrected chi connectivity index (χ3v) is 3.16. The fourth-order valence-corrected chi connectivity index (χ4v) is 2.09. The van der Waals surface area contributed by atoms with Crippen LogP contribution >= 0.6 is 0 Å². The van der Waals surface area contributed by atoms with Gasteiger partial charge < -0.3 is 5.32 Å². The number of para-hydroxylation sites is 1. The molecule has 0 saturated heterocycles. The lowest BCUT2D eigenvalue weighted by atomic mass is 10.2. The van der Waals surface area contributed by atoms with Gasteiger partial charge in [0.15, 0.2) is 5.82 Å². The average molecular weight is 283 g/mol. The van der Waals surface area contributed by atoms with Crippen molar-refractivity contribution in [1.29, 1.82) is 0 Å². The molecule has 0 fully saturated rings. The smallest absolute Gasteiger partial charge is 0.175 e. The number of hydrogen-bond donors (Lipinski definition) is 1. The lowest BCUT2D eigenvalue weighted by Crippen LogP contribution is -2.09. The zero-order valence-corrected chi connectivity index (χ0v) is 11.5. The molecule has 6 heteroatoms. The molecule has 2 aromatic carbocycles. The van der Waals surface area contributed by atoms with Gasteiger partial charge in [0.2, 0.25) is 0 Å². The molecule has 0 unspecified atom stereocenters. The highest BCUT2D eigenvalue weighted by atomic mass is 19.1. The quantitative estimate of drug-likeness (QED) is 0.800. The molecule has 106 valence electrons. The van der Waals surface area contributed by atoms with E-state index >= 15 is 0 Å². The number of aromatic nitrogens is 4. The van der Waals surface area contributed by atoms with Crippen molar-refractivity contribution in [3.05, 3.63) is 65.7 Å². The summed E-state index contributed by atoms with van der Waals surface area (Å²) in [4.78, 5) is 0. The van der Waals surface area contributed by atoms with Crippen LogP contribution in [0.3, 0.4) is 0 Å². The standard InChI is InChI=1S/C15H14FN5/c1-11-9-12(16)7-8-14(11)17-10-15-18-19-20-21(15)13-5-3-2-4-6-13/h2-9,17H,10H2,1H3. The summed E-state index contributed by atoms with van der Waals surface area (Å²) in [6.07, 6.45) is 0. The predicted octanol–water partition coefficient (Wildman–Crippen LogP) is 2.72. The van der Waals surface area contributed by atoms with E-state index in [4.69, 9.17) is 0 Å². The maximum atomic E-state index is 13.1. The van der Waals surface area contributed by atoms with Gasteiger partial charge in [-0.2, -0.15) is 4.68 Å². The Balaban J connectivity index is 1.79. The minimum atomic E-state index is -0.243. The molecule has 0 aliphatic heterocycles. The molecule has 21 heavy (non-hydrogen) atoms. The summed E-state index contributed by atoms with van der Waals surface area (Å²) >= 11 is 0. The number of aryl methyl sites for hydroxylation is 1. The van der Waals surface area contributed by atoms with Crippen LogP contribution in [0.25, 0.3) is 5.69 Å². The molecule has 0 aliphatic carbocycles. The summed E-state index contributed by atoms with van der Waals surface area (Å²) in [5, 5.41) is 14.9. The Kier molecular flexibility index (Phi) is 3.59. The van der Waals surface area contributed by atoms with Gasteiger partial charge in [0.1, 0.15) is 5.82 Å². The van der Waals surface area contributed by atoms with E-state index in [-0.39, 0.29) is 5.82 Å². The van der Waals surface area contributed by atoms with E-state index in [1.165, 1.54) is 12.1 Å². The van der Waals surface area contributed by atoms with Crippen molar-refractivity contribution in [3.8, 4) is 5.69 Å². The fraction of sp³-hybridized carbons (Fsp3) is 0.133. The highest BCUT2D eigenvalue weighted by Gasteiger charge is 2.08. The first-order valence-corrected chi connectivity index (χ1v) is 6.57. The largest absolute Gasteiger partial charge is 0.377 e. The minimum Gasteiger partial charge on any atom is -0.377 e. The zero-order valence-electron chi connectivity index (χ0n) is 11.5. The van der Waals surface area contributed by atoms with Gasteiger partial charge in [0.25, 0.3) is 0 Å². The number of rotatable bonds is 4. The molecule has 0 radical (unpaired) electrons. The average Bonchev–Trinajstić information content (AvgIpc) is 2.96. The molecular formula is C15H14FN5. The Bertz CT molecular complexity index is 739. The van der Waals surface area contributed by atoms with Crippen molar-refractivity contribution in [2.45, 2.75) is 13.5 Å². The number of halogens is 1. The normalized spacial score (nSPS) is 10.6. The number of tetrazole rings is 1. The molecule has 1 heterocycles. The van der Waals surface area contributed by atoms with E-state index in [1.54, 1.807) is 10.7 Å². The van der Waals surface area contributed by atoms with Gasteiger partial charge in [-0.1, -0.05) is 18.2 Å². The van der Waals surface area contributed by atoms with Crippen molar-refractivity contribution in [2.75, 3.05) is 5.32 Å². The second-order valence-corrected chi connectivity index (χ2v) is 4.66. The van der Waals surface area contributed by atoms with E-state index in [0.717, 1.165) is 16.9 Å². The van der Waals surface area contributed by atoms with Crippen molar-refractivity contribution >= 4 is 5.69 Å². The highest BCUT2D eigenvalue weighted by Crippen LogP contribution is 2.16. The number of hydrogen-bond acceptors (Lipinski definition) is 4. The Labute approximate surface area is 121 Å². The SMILES string of the molecule is Cc1cc(F)ccc1NCc1nnnn1-c1ccccc1. The van der Waals surface area contributed by atoms with Crippen LogP contribution in [0.4, 0.5) is 10.1 Å². The van der Waals surface area contributed by atoms with Crippen molar-refractivity contribution in [1.82, 2.24) is 20.2 Å².